The molecule has 5 atom stereocenters. The SMILES string of the molecule is CCN(CC)C(=O)CCNC1CC2CC1C1CCCC21. The van der Waals surface area contributed by atoms with Crippen LogP contribution in [0.15, 0.2) is 0 Å². The van der Waals surface area contributed by atoms with Gasteiger partial charge in [0.15, 0.2) is 0 Å². The molecule has 5 unspecified atom stereocenters. The molecule has 3 aliphatic rings. The standard InChI is InChI=1S/C17H30N2O/c1-3-19(4-2)17(20)8-9-18-16-11-12-10-15(16)14-7-5-6-13(12)14/h12-16,18H,3-11H2,1-2H3. The van der Waals surface area contributed by atoms with Crippen molar-refractivity contribution in [2.45, 2.75) is 58.4 Å². The van der Waals surface area contributed by atoms with Crippen LogP contribution in [0.2, 0.25) is 0 Å². The molecule has 0 spiro atoms. The van der Waals surface area contributed by atoms with Crippen LogP contribution < -0.4 is 5.32 Å². The minimum absolute atomic E-state index is 0.310. The summed E-state index contributed by atoms with van der Waals surface area (Å²) < 4.78 is 0. The molecule has 1 amide bonds. The lowest BCUT2D eigenvalue weighted by Crippen LogP contribution is -2.41. The van der Waals surface area contributed by atoms with Crippen LogP contribution in [0, 0.1) is 23.7 Å². The summed E-state index contributed by atoms with van der Waals surface area (Å²) in [5.41, 5.74) is 0. The molecular formula is C17H30N2O. The number of rotatable bonds is 6. The predicted octanol–water partition coefficient (Wildman–Crippen LogP) is 2.66. The van der Waals surface area contributed by atoms with Gasteiger partial charge in [0.05, 0.1) is 0 Å². The zero-order valence-electron chi connectivity index (χ0n) is 13.1. The molecule has 3 fully saturated rings. The summed E-state index contributed by atoms with van der Waals surface area (Å²) in [7, 11) is 0. The van der Waals surface area contributed by atoms with Gasteiger partial charge in [-0.05, 0) is 63.2 Å². The molecule has 3 aliphatic carbocycles. The number of hydrogen-bond donors (Lipinski definition) is 1. The Balaban J connectivity index is 1.43. The number of carbonyl (C=O) groups excluding carboxylic acids is 1. The summed E-state index contributed by atoms with van der Waals surface area (Å²) in [6, 6.07) is 0.712. The van der Waals surface area contributed by atoms with Gasteiger partial charge in [0, 0.05) is 32.1 Å². The van der Waals surface area contributed by atoms with Gasteiger partial charge in [0.1, 0.15) is 0 Å². The van der Waals surface area contributed by atoms with Crippen molar-refractivity contribution in [2.75, 3.05) is 19.6 Å². The third-order valence-corrected chi connectivity index (χ3v) is 6.29. The molecular weight excluding hydrogens is 248 g/mol. The molecule has 20 heavy (non-hydrogen) atoms. The Morgan fingerprint density at radius 3 is 2.60 bits per heavy atom. The summed E-state index contributed by atoms with van der Waals surface area (Å²) in [6.45, 7) is 6.68. The maximum atomic E-state index is 12.0. The van der Waals surface area contributed by atoms with E-state index in [1.165, 1.54) is 32.1 Å². The zero-order valence-corrected chi connectivity index (χ0v) is 13.1. The molecule has 0 heterocycles. The third-order valence-electron chi connectivity index (χ3n) is 6.29. The van der Waals surface area contributed by atoms with Gasteiger partial charge < -0.3 is 10.2 Å². The van der Waals surface area contributed by atoms with E-state index in [0.717, 1.165) is 43.3 Å². The number of amides is 1. The van der Waals surface area contributed by atoms with E-state index in [0.29, 0.717) is 18.4 Å². The van der Waals surface area contributed by atoms with Crippen LogP contribution in [0.4, 0.5) is 0 Å². The highest BCUT2D eigenvalue weighted by molar-refractivity contribution is 5.76. The molecule has 3 nitrogen and oxygen atoms in total. The van der Waals surface area contributed by atoms with E-state index in [-0.39, 0.29) is 0 Å². The van der Waals surface area contributed by atoms with Gasteiger partial charge >= 0.3 is 0 Å². The lowest BCUT2D eigenvalue weighted by Gasteiger charge is -2.32. The van der Waals surface area contributed by atoms with Gasteiger partial charge in [-0.1, -0.05) is 6.42 Å². The largest absolute Gasteiger partial charge is 0.343 e. The van der Waals surface area contributed by atoms with Crippen molar-refractivity contribution in [3.8, 4) is 0 Å². The molecule has 0 saturated heterocycles. The monoisotopic (exact) mass is 278 g/mol. The molecule has 2 bridgehead atoms. The van der Waals surface area contributed by atoms with E-state index in [1.807, 2.05) is 4.90 Å². The minimum Gasteiger partial charge on any atom is -0.343 e. The summed E-state index contributed by atoms with van der Waals surface area (Å²) in [6.07, 6.45) is 7.96. The first kappa shape index (κ1) is 14.4. The highest BCUT2D eigenvalue weighted by Gasteiger charge is 2.53. The van der Waals surface area contributed by atoms with Gasteiger partial charge in [-0.25, -0.2) is 0 Å². The van der Waals surface area contributed by atoms with Gasteiger partial charge in [-0.2, -0.15) is 0 Å². The number of nitrogens with one attached hydrogen (secondary N) is 1. The van der Waals surface area contributed by atoms with Gasteiger partial charge in [0.2, 0.25) is 5.91 Å². The number of fused-ring (bicyclic) bond motifs is 5. The first-order valence-electron chi connectivity index (χ1n) is 8.75. The summed E-state index contributed by atoms with van der Waals surface area (Å²) >= 11 is 0. The summed E-state index contributed by atoms with van der Waals surface area (Å²) in [5, 5.41) is 3.71. The van der Waals surface area contributed by atoms with E-state index >= 15 is 0 Å². The average Bonchev–Trinajstić information content (AvgIpc) is 3.12. The van der Waals surface area contributed by atoms with E-state index < -0.39 is 0 Å². The van der Waals surface area contributed by atoms with E-state index in [4.69, 9.17) is 0 Å². The highest BCUT2D eigenvalue weighted by atomic mass is 16.2. The van der Waals surface area contributed by atoms with Crippen molar-refractivity contribution in [3.05, 3.63) is 0 Å². The normalized spacial score (nSPS) is 38.2. The van der Waals surface area contributed by atoms with E-state index in [2.05, 4.69) is 19.2 Å². The minimum atomic E-state index is 0.310. The zero-order chi connectivity index (χ0) is 14.1. The first-order chi connectivity index (χ1) is 9.74. The maximum Gasteiger partial charge on any atom is 0.223 e. The van der Waals surface area contributed by atoms with Crippen LogP contribution in [0.5, 0.6) is 0 Å². The van der Waals surface area contributed by atoms with Crippen molar-refractivity contribution in [1.29, 1.82) is 0 Å². The van der Waals surface area contributed by atoms with Crippen LogP contribution in [0.25, 0.3) is 0 Å². The molecule has 0 aliphatic heterocycles. The Morgan fingerprint density at radius 2 is 1.85 bits per heavy atom. The molecule has 1 N–H and O–H groups in total. The van der Waals surface area contributed by atoms with Crippen LogP contribution >= 0.6 is 0 Å². The Hall–Kier alpha value is -0.570. The smallest absolute Gasteiger partial charge is 0.223 e. The van der Waals surface area contributed by atoms with Crippen molar-refractivity contribution in [1.82, 2.24) is 10.2 Å². The van der Waals surface area contributed by atoms with Gasteiger partial charge in [-0.15, -0.1) is 0 Å². The highest BCUT2D eigenvalue weighted by Crippen LogP contribution is 2.58. The number of hydrogen-bond acceptors (Lipinski definition) is 2. The van der Waals surface area contributed by atoms with E-state index in [1.54, 1.807) is 0 Å². The lowest BCUT2D eigenvalue weighted by atomic mass is 9.79. The summed E-state index contributed by atoms with van der Waals surface area (Å²) in [4.78, 5) is 13.9. The molecule has 0 radical (unpaired) electrons. The van der Waals surface area contributed by atoms with Gasteiger partial charge in [-0.3, -0.25) is 4.79 Å². The van der Waals surface area contributed by atoms with Crippen LogP contribution in [-0.2, 0) is 4.79 Å². The lowest BCUT2D eigenvalue weighted by molar-refractivity contribution is -0.130. The fourth-order valence-electron chi connectivity index (χ4n) is 5.40. The number of carbonyl (C=O) groups is 1. The molecule has 0 aromatic heterocycles. The molecule has 0 aromatic carbocycles. The Kier molecular flexibility index (Phi) is 4.34. The van der Waals surface area contributed by atoms with Crippen LogP contribution in [0.3, 0.4) is 0 Å². The molecule has 3 rings (SSSR count). The van der Waals surface area contributed by atoms with Crippen molar-refractivity contribution in [3.63, 3.8) is 0 Å². The molecule has 114 valence electrons. The van der Waals surface area contributed by atoms with Crippen molar-refractivity contribution < 1.29 is 4.79 Å². The molecule has 3 saturated carbocycles. The average molecular weight is 278 g/mol. The topological polar surface area (TPSA) is 32.3 Å². The quantitative estimate of drug-likeness (QED) is 0.810. The fraction of sp³-hybridized carbons (Fsp3) is 0.941. The Bertz CT molecular complexity index is 353. The second-order valence-corrected chi connectivity index (χ2v) is 7.03. The van der Waals surface area contributed by atoms with E-state index in [9.17, 15) is 4.79 Å². The number of nitrogens with zero attached hydrogens (tertiary/aromatic N) is 1. The molecule has 3 heteroatoms. The van der Waals surface area contributed by atoms with Crippen molar-refractivity contribution >= 4 is 5.91 Å². The predicted molar refractivity (Wildman–Crippen MR) is 81.4 cm³/mol. The first-order valence-corrected chi connectivity index (χ1v) is 8.75. The second-order valence-electron chi connectivity index (χ2n) is 7.03. The second kappa shape index (κ2) is 6.05. The fourth-order valence-corrected chi connectivity index (χ4v) is 5.40. The summed E-state index contributed by atoms with van der Waals surface area (Å²) in [5.74, 6) is 4.32. The third kappa shape index (κ3) is 2.49. The van der Waals surface area contributed by atoms with Crippen LogP contribution in [-0.4, -0.2) is 36.5 Å². The Labute approximate surface area is 123 Å². The van der Waals surface area contributed by atoms with Crippen molar-refractivity contribution in [2.24, 2.45) is 23.7 Å². The van der Waals surface area contributed by atoms with Crippen LogP contribution in [0.1, 0.15) is 52.4 Å². The van der Waals surface area contributed by atoms with Gasteiger partial charge in [0.25, 0.3) is 0 Å². The molecule has 0 aromatic rings. The maximum absolute atomic E-state index is 12.0. The Morgan fingerprint density at radius 1 is 1.10 bits per heavy atom.